The fourth-order valence-electron chi connectivity index (χ4n) is 2.02. The zero-order valence-corrected chi connectivity index (χ0v) is 11.7. The minimum atomic E-state index is 0.623. The van der Waals surface area contributed by atoms with Gasteiger partial charge in [-0.2, -0.15) is 0 Å². The number of rotatable bonds is 5. The first-order chi connectivity index (χ1) is 10.4. The molecule has 0 amide bonds. The molecule has 0 bridgehead atoms. The summed E-state index contributed by atoms with van der Waals surface area (Å²) in [4.78, 5) is 17.1. The molecule has 0 aliphatic carbocycles. The van der Waals surface area contributed by atoms with Crippen LogP contribution in [0.4, 0.5) is 0 Å². The van der Waals surface area contributed by atoms with Crippen LogP contribution in [0.5, 0.6) is 5.75 Å². The highest BCUT2D eigenvalue weighted by atomic mass is 16.5. The average Bonchev–Trinajstić information content (AvgIpc) is 2.98. The van der Waals surface area contributed by atoms with Gasteiger partial charge in [-0.25, -0.2) is 9.97 Å². The largest absolute Gasteiger partial charge is 0.492 e. The van der Waals surface area contributed by atoms with Gasteiger partial charge in [-0.1, -0.05) is 0 Å². The molecule has 6 nitrogen and oxygen atoms in total. The third-order valence-corrected chi connectivity index (χ3v) is 2.95. The highest BCUT2D eigenvalue weighted by molar-refractivity contribution is 5.47. The van der Waals surface area contributed by atoms with Gasteiger partial charge in [0, 0.05) is 24.8 Å². The van der Waals surface area contributed by atoms with E-state index in [9.17, 15) is 0 Å². The third kappa shape index (κ3) is 3.05. The first-order valence-electron chi connectivity index (χ1n) is 6.72. The van der Waals surface area contributed by atoms with E-state index in [0.29, 0.717) is 13.2 Å². The topological polar surface area (TPSA) is 65.7 Å². The van der Waals surface area contributed by atoms with Crippen molar-refractivity contribution < 1.29 is 4.74 Å². The second-order valence-electron chi connectivity index (χ2n) is 4.39. The van der Waals surface area contributed by atoms with Crippen LogP contribution >= 0.6 is 0 Å². The molecule has 3 rings (SSSR count). The van der Waals surface area contributed by atoms with Crippen molar-refractivity contribution in [2.24, 2.45) is 0 Å². The lowest BCUT2D eigenvalue weighted by atomic mass is 10.3. The molecule has 0 radical (unpaired) electrons. The van der Waals surface area contributed by atoms with Gasteiger partial charge in [-0.15, -0.1) is 0 Å². The molecule has 6 heteroatoms. The zero-order valence-electron chi connectivity index (χ0n) is 11.7. The number of pyridine rings is 1. The van der Waals surface area contributed by atoms with Gasteiger partial charge < -0.3 is 9.30 Å². The third-order valence-electron chi connectivity index (χ3n) is 2.95. The smallest absolute Gasteiger partial charge is 0.160 e. The molecule has 0 aliphatic rings. The summed E-state index contributed by atoms with van der Waals surface area (Å²) in [5.41, 5.74) is 1.68. The molecule has 0 atom stereocenters. The number of ether oxygens (including phenoxy) is 1. The summed E-state index contributed by atoms with van der Waals surface area (Å²) in [5, 5.41) is 0. The fraction of sp³-hybridized carbons (Fsp3) is 0.200. The molecule has 0 aliphatic heterocycles. The Balaban J connectivity index is 1.81. The van der Waals surface area contributed by atoms with E-state index in [1.807, 2.05) is 29.8 Å². The Morgan fingerprint density at radius 3 is 2.71 bits per heavy atom. The molecule has 0 saturated carbocycles. The number of nitrogens with zero attached hydrogens (tertiary/aromatic N) is 5. The van der Waals surface area contributed by atoms with Crippen LogP contribution in [0, 0.1) is 0 Å². The zero-order chi connectivity index (χ0) is 14.5. The quantitative estimate of drug-likeness (QED) is 0.717. The highest BCUT2D eigenvalue weighted by Crippen LogP contribution is 2.15. The predicted molar refractivity (Wildman–Crippen MR) is 77.8 cm³/mol. The summed E-state index contributed by atoms with van der Waals surface area (Å²) in [5.74, 6) is 1.56. The van der Waals surface area contributed by atoms with Gasteiger partial charge in [-0.05, 0) is 19.1 Å². The lowest BCUT2D eigenvalue weighted by Crippen LogP contribution is -2.04. The average molecular weight is 281 g/mol. The first-order valence-corrected chi connectivity index (χ1v) is 6.72. The first kappa shape index (κ1) is 13.2. The molecule has 0 N–H and O–H groups in total. The van der Waals surface area contributed by atoms with Crippen molar-refractivity contribution in [3.05, 3.63) is 55.0 Å². The molecule has 0 spiro atoms. The van der Waals surface area contributed by atoms with Gasteiger partial charge in [0.05, 0.1) is 31.2 Å². The van der Waals surface area contributed by atoms with Gasteiger partial charge in [0.25, 0.3) is 0 Å². The molecule has 0 aromatic carbocycles. The Labute approximate surface area is 122 Å². The van der Waals surface area contributed by atoms with Crippen molar-refractivity contribution in [2.75, 3.05) is 6.61 Å². The second-order valence-corrected chi connectivity index (χ2v) is 4.39. The Kier molecular flexibility index (Phi) is 3.86. The molecule has 0 saturated heterocycles. The standard InChI is InChI=1S/C15H15N5O/c1-2-21-13-4-3-12(19-9-13)11-20-8-7-18-15(20)14-10-16-5-6-17-14/h3-10H,2,11H2,1H3. The van der Waals surface area contributed by atoms with Crippen LogP contribution in [0.1, 0.15) is 12.6 Å². The van der Waals surface area contributed by atoms with Crippen LogP contribution in [0.2, 0.25) is 0 Å². The van der Waals surface area contributed by atoms with Gasteiger partial charge in [0.1, 0.15) is 11.4 Å². The van der Waals surface area contributed by atoms with Crippen molar-refractivity contribution in [1.82, 2.24) is 24.5 Å². The maximum absolute atomic E-state index is 5.39. The van der Waals surface area contributed by atoms with E-state index < -0.39 is 0 Å². The highest BCUT2D eigenvalue weighted by Gasteiger charge is 2.08. The van der Waals surface area contributed by atoms with Gasteiger partial charge in [0.15, 0.2) is 5.82 Å². The summed E-state index contributed by atoms with van der Waals surface area (Å²) in [7, 11) is 0. The SMILES string of the molecule is CCOc1ccc(Cn2ccnc2-c2cnccn2)nc1. The molecular formula is C15H15N5O. The molecule has 3 aromatic heterocycles. The van der Waals surface area contributed by atoms with Crippen LogP contribution in [0.3, 0.4) is 0 Å². The van der Waals surface area contributed by atoms with Gasteiger partial charge in [0.2, 0.25) is 0 Å². The summed E-state index contributed by atoms with van der Waals surface area (Å²) in [6.45, 7) is 3.21. The van der Waals surface area contributed by atoms with Crippen molar-refractivity contribution in [2.45, 2.75) is 13.5 Å². The lowest BCUT2D eigenvalue weighted by molar-refractivity contribution is 0.338. The molecule has 21 heavy (non-hydrogen) atoms. The normalized spacial score (nSPS) is 10.5. The molecule has 106 valence electrons. The molecule has 0 unspecified atom stereocenters. The van der Waals surface area contributed by atoms with E-state index in [4.69, 9.17) is 4.74 Å². The maximum Gasteiger partial charge on any atom is 0.160 e. The number of hydrogen-bond acceptors (Lipinski definition) is 5. The van der Waals surface area contributed by atoms with Crippen molar-refractivity contribution in [3.8, 4) is 17.3 Å². The summed E-state index contributed by atoms with van der Waals surface area (Å²) in [6, 6.07) is 3.87. The molecule has 3 aromatic rings. The van der Waals surface area contributed by atoms with Crippen LogP contribution in [0.25, 0.3) is 11.5 Å². The monoisotopic (exact) mass is 281 g/mol. The number of hydrogen-bond donors (Lipinski definition) is 0. The van der Waals surface area contributed by atoms with E-state index in [1.54, 1.807) is 31.0 Å². The minimum Gasteiger partial charge on any atom is -0.492 e. The Hall–Kier alpha value is -2.76. The number of aromatic nitrogens is 5. The second kappa shape index (κ2) is 6.13. The van der Waals surface area contributed by atoms with Gasteiger partial charge >= 0.3 is 0 Å². The van der Waals surface area contributed by atoms with E-state index in [-0.39, 0.29) is 0 Å². The van der Waals surface area contributed by atoms with Crippen LogP contribution in [-0.4, -0.2) is 31.1 Å². The van der Waals surface area contributed by atoms with Crippen LogP contribution < -0.4 is 4.74 Å². The number of imidazole rings is 1. The predicted octanol–water partition coefficient (Wildman–Crippen LogP) is 2.18. The Morgan fingerprint density at radius 1 is 1.05 bits per heavy atom. The van der Waals surface area contributed by atoms with E-state index in [2.05, 4.69) is 19.9 Å². The van der Waals surface area contributed by atoms with Crippen LogP contribution in [0.15, 0.2) is 49.3 Å². The molecule has 3 heterocycles. The van der Waals surface area contributed by atoms with E-state index >= 15 is 0 Å². The summed E-state index contributed by atoms with van der Waals surface area (Å²) in [6.07, 6.45) is 10.4. The fourth-order valence-corrected chi connectivity index (χ4v) is 2.02. The Bertz CT molecular complexity index is 694. The maximum atomic E-state index is 5.39. The van der Waals surface area contributed by atoms with Gasteiger partial charge in [-0.3, -0.25) is 9.97 Å². The van der Waals surface area contributed by atoms with Crippen molar-refractivity contribution in [3.63, 3.8) is 0 Å². The molecule has 0 fully saturated rings. The summed E-state index contributed by atoms with van der Waals surface area (Å²) < 4.78 is 7.38. The van der Waals surface area contributed by atoms with Crippen molar-refractivity contribution in [1.29, 1.82) is 0 Å². The Morgan fingerprint density at radius 2 is 2.00 bits per heavy atom. The molecular weight excluding hydrogens is 266 g/mol. The lowest BCUT2D eigenvalue weighted by Gasteiger charge is -2.07. The minimum absolute atomic E-state index is 0.623. The van der Waals surface area contributed by atoms with Crippen LogP contribution in [-0.2, 0) is 6.54 Å². The van der Waals surface area contributed by atoms with Crippen molar-refractivity contribution >= 4 is 0 Å². The van der Waals surface area contributed by atoms with E-state index in [1.165, 1.54) is 0 Å². The van der Waals surface area contributed by atoms with E-state index in [0.717, 1.165) is 23.0 Å². The summed E-state index contributed by atoms with van der Waals surface area (Å²) >= 11 is 0.